The second-order valence-corrected chi connectivity index (χ2v) is 24.9. The summed E-state index contributed by atoms with van der Waals surface area (Å²) in [6, 6.07) is 0. The minimum Gasteiger partial charge on any atom is -0.481 e. The summed E-state index contributed by atoms with van der Waals surface area (Å²) < 4.78 is 48.6. The molecule has 0 amide bonds. The van der Waals surface area contributed by atoms with E-state index in [4.69, 9.17) is 37.9 Å². The Balaban J connectivity index is 1.10. The van der Waals surface area contributed by atoms with Crippen molar-refractivity contribution in [3.63, 3.8) is 0 Å². The molecule has 11 N–H and O–H groups in total. The van der Waals surface area contributed by atoms with Crippen molar-refractivity contribution in [1.82, 2.24) is 0 Å². The molecule has 4 saturated carbocycles. The molecule has 0 spiro atoms. The van der Waals surface area contributed by atoms with E-state index in [9.17, 15) is 70.6 Å². The third-order valence-corrected chi connectivity index (χ3v) is 20.6. The number of hydrogen-bond acceptors (Lipinski definition) is 21. The lowest BCUT2D eigenvalue weighted by molar-refractivity contribution is -0.393. The van der Waals surface area contributed by atoms with E-state index in [1.165, 1.54) is 6.92 Å². The number of fused-ring (bicyclic) bond motifs is 7. The van der Waals surface area contributed by atoms with Gasteiger partial charge in [-0.15, -0.1) is 0 Å². The fourth-order valence-electron chi connectivity index (χ4n) is 15.9. The molecular weight excluding hydrogens is 1000 g/mol. The van der Waals surface area contributed by atoms with Crippen molar-refractivity contribution in [1.29, 1.82) is 0 Å². The van der Waals surface area contributed by atoms with E-state index in [0.29, 0.717) is 50.5 Å². The first kappa shape index (κ1) is 59.4. The van der Waals surface area contributed by atoms with Crippen LogP contribution in [0.5, 0.6) is 0 Å². The number of esters is 2. The van der Waals surface area contributed by atoms with Crippen LogP contribution < -0.4 is 0 Å². The molecule has 8 rings (SSSR count). The van der Waals surface area contributed by atoms with E-state index in [0.717, 1.165) is 5.57 Å². The largest absolute Gasteiger partial charge is 0.481 e. The van der Waals surface area contributed by atoms with Crippen LogP contribution in [0.2, 0.25) is 0 Å². The number of aliphatic hydroxyl groups excluding tert-OH is 10. The zero-order valence-electron chi connectivity index (χ0n) is 45.1. The first-order valence-corrected chi connectivity index (χ1v) is 27.0. The number of carbonyl (C=O) groups excluding carboxylic acids is 2. The van der Waals surface area contributed by atoms with Gasteiger partial charge >= 0.3 is 17.9 Å². The van der Waals surface area contributed by atoms with Gasteiger partial charge in [-0.25, -0.2) is 4.79 Å². The van der Waals surface area contributed by atoms with Crippen LogP contribution in [0.15, 0.2) is 23.3 Å². The maximum absolute atomic E-state index is 14.0. The number of aliphatic carboxylic acids is 1. The van der Waals surface area contributed by atoms with Crippen molar-refractivity contribution in [2.24, 2.45) is 50.2 Å². The standard InChI is InChI=1S/C54H84O22/c1-10-24(2)44(66)76-42-43(70-25(3)58)54(48(67)68)18-17-52(8)26(27(54)19-49(42,4)5)11-12-32-50(6)15-14-33(51(7,23-57)31(50)13-16-53(32,52)9)73-47-41(75-46-38(64)36(62)35(61)29(20-55)71-46)39(65)40(30(21-56)72-47)74-45-37(63)34(60)28(59)22-69-45/h10-11,27-43,45-47,55-57,59-65H,12-23H2,1-9H3,(H,67,68). The van der Waals surface area contributed by atoms with E-state index in [1.807, 2.05) is 20.8 Å². The Bertz CT molecular complexity index is 2200. The predicted octanol–water partition coefficient (Wildman–Crippen LogP) is 0.347. The van der Waals surface area contributed by atoms with Gasteiger partial charge in [-0.1, -0.05) is 59.3 Å². The molecule has 3 saturated heterocycles. The van der Waals surface area contributed by atoms with Gasteiger partial charge in [0.25, 0.3) is 0 Å². The van der Waals surface area contributed by atoms with Crippen LogP contribution in [0, 0.1) is 50.2 Å². The lowest BCUT2D eigenvalue weighted by atomic mass is 9.33. The highest BCUT2D eigenvalue weighted by Crippen LogP contribution is 2.76. The summed E-state index contributed by atoms with van der Waals surface area (Å²) >= 11 is 0. The molecule has 7 fully saturated rings. The predicted molar refractivity (Wildman–Crippen MR) is 262 cm³/mol. The second kappa shape index (κ2) is 21.6. The first-order valence-electron chi connectivity index (χ1n) is 27.0. The summed E-state index contributed by atoms with van der Waals surface area (Å²) in [5.74, 6) is -3.17. The summed E-state index contributed by atoms with van der Waals surface area (Å²) in [5.41, 5.74) is -3.47. The summed E-state index contributed by atoms with van der Waals surface area (Å²) in [6.45, 7) is 14.7. The van der Waals surface area contributed by atoms with Gasteiger partial charge in [0.1, 0.15) is 78.7 Å². The normalized spacial score (nSPS) is 50.2. The topological polar surface area (TPSA) is 348 Å². The van der Waals surface area contributed by atoms with Gasteiger partial charge in [-0.2, -0.15) is 0 Å². The molecule has 22 nitrogen and oxygen atoms in total. The van der Waals surface area contributed by atoms with Crippen LogP contribution in [-0.4, -0.2) is 205 Å². The highest BCUT2D eigenvalue weighted by Gasteiger charge is 2.74. The Morgan fingerprint density at radius 3 is 1.96 bits per heavy atom. The fraction of sp³-hybridized carbons (Fsp3) is 0.870. The smallest absolute Gasteiger partial charge is 0.333 e. The molecule has 432 valence electrons. The summed E-state index contributed by atoms with van der Waals surface area (Å²) in [5, 5.41) is 120. The molecule has 25 atom stereocenters. The van der Waals surface area contributed by atoms with Gasteiger partial charge in [0.2, 0.25) is 0 Å². The third kappa shape index (κ3) is 9.42. The Labute approximate surface area is 443 Å². The number of carboxylic acids is 1. The van der Waals surface area contributed by atoms with Gasteiger partial charge in [-0.05, 0) is 93.3 Å². The fourth-order valence-corrected chi connectivity index (χ4v) is 15.9. The maximum atomic E-state index is 14.0. The van der Waals surface area contributed by atoms with Crippen LogP contribution in [-0.2, 0) is 52.3 Å². The van der Waals surface area contributed by atoms with Crippen molar-refractivity contribution in [2.75, 3.05) is 26.4 Å². The number of carboxylic acid groups (broad SMARTS) is 1. The van der Waals surface area contributed by atoms with Gasteiger partial charge in [0.15, 0.2) is 25.0 Å². The quantitative estimate of drug-likeness (QED) is 0.0513. The monoisotopic (exact) mass is 1080 g/mol. The zero-order valence-corrected chi connectivity index (χ0v) is 45.1. The molecule has 22 heteroatoms. The van der Waals surface area contributed by atoms with Crippen molar-refractivity contribution in [3.8, 4) is 0 Å². The molecule has 0 aromatic heterocycles. The van der Waals surface area contributed by atoms with E-state index in [-0.39, 0.29) is 24.9 Å². The SMILES string of the molecule is CC=C(C)C(=O)OC1C(OC(C)=O)C2(C(=O)O)CCC3(C)C(=CCC4C5(C)CCC(OC6OC(CO)C(OC7OCC(O)C(O)C7O)C(O)C6OC6OC(CO)C(O)C(O)C6O)C(C)(CO)C5CCC43C)C2CC1(C)C. The zero-order chi connectivity index (χ0) is 56.0. The van der Waals surface area contributed by atoms with Crippen molar-refractivity contribution < 1.29 is 108 Å². The van der Waals surface area contributed by atoms with Crippen LogP contribution >= 0.6 is 0 Å². The van der Waals surface area contributed by atoms with Gasteiger partial charge in [-0.3, -0.25) is 9.59 Å². The molecule has 0 bridgehead atoms. The number of allylic oxidation sites excluding steroid dienone is 3. The number of carbonyl (C=O) groups is 3. The van der Waals surface area contributed by atoms with E-state index >= 15 is 0 Å². The Morgan fingerprint density at radius 1 is 0.697 bits per heavy atom. The van der Waals surface area contributed by atoms with E-state index in [2.05, 4.69) is 26.8 Å². The Kier molecular flexibility index (Phi) is 16.9. The number of rotatable bonds is 13. The lowest BCUT2D eigenvalue weighted by Gasteiger charge is -2.71. The number of ether oxygens (including phenoxy) is 8. The maximum Gasteiger partial charge on any atom is 0.333 e. The molecular formula is C54H84O22. The van der Waals surface area contributed by atoms with E-state index < -0.39 is 180 Å². The summed E-state index contributed by atoms with van der Waals surface area (Å²) in [6.07, 6.45) is -19.2. The average molecular weight is 1090 g/mol. The van der Waals surface area contributed by atoms with Crippen LogP contribution in [0.1, 0.15) is 114 Å². The molecule has 0 aromatic carbocycles. The number of hydrogen-bond donors (Lipinski definition) is 11. The average Bonchev–Trinajstić information content (AvgIpc) is 3.57. The minimum absolute atomic E-state index is 0.0127. The van der Waals surface area contributed by atoms with Crippen molar-refractivity contribution >= 4 is 17.9 Å². The van der Waals surface area contributed by atoms with E-state index in [1.54, 1.807) is 19.9 Å². The molecule has 0 radical (unpaired) electrons. The molecule has 8 aliphatic rings. The molecule has 3 heterocycles. The molecule has 0 aromatic rings. The highest BCUT2D eigenvalue weighted by atomic mass is 16.8. The van der Waals surface area contributed by atoms with Crippen LogP contribution in [0.3, 0.4) is 0 Å². The third-order valence-electron chi connectivity index (χ3n) is 20.6. The molecule has 76 heavy (non-hydrogen) atoms. The van der Waals surface area contributed by atoms with Crippen LogP contribution in [0.4, 0.5) is 0 Å². The van der Waals surface area contributed by atoms with Crippen molar-refractivity contribution in [3.05, 3.63) is 23.3 Å². The summed E-state index contributed by atoms with van der Waals surface area (Å²) in [4.78, 5) is 40.3. The van der Waals surface area contributed by atoms with Gasteiger partial charge < -0.3 is 94.1 Å². The first-order chi connectivity index (χ1) is 35.6. The Morgan fingerprint density at radius 2 is 1.34 bits per heavy atom. The molecule has 25 unspecified atom stereocenters. The van der Waals surface area contributed by atoms with Gasteiger partial charge in [0.05, 0.1) is 32.5 Å². The van der Waals surface area contributed by atoms with Crippen LogP contribution in [0.25, 0.3) is 0 Å². The lowest BCUT2D eigenvalue weighted by Crippen LogP contribution is -2.70. The molecule has 5 aliphatic carbocycles. The minimum atomic E-state index is -1.93. The summed E-state index contributed by atoms with van der Waals surface area (Å²) in [7, 11) is 0. The van der Waals surface area contributed by atoms with Crippen molar-refractivity contribution in [2.45, 2.75) is 218 Å². The van der Waals surface area contributed by atoms with Gasteiger partial charge in [0, 0.05) is 29.2 Å². The number of aliphatic hydroxyl groups is 10. The highest BCUT2D eigenvalue weighted by molar-refractivity contribution is 5.88. The molecule has 3 aliphatic heterocycles. The Hall–Kier alpha value is -2.75. The second-order valence-electron chi connectivity index (χ2n) is 24.9.